The molecule has 9 nitrogen and oxygen atoms in total. The van der Waals surface area contributed by atoms with Crippen molar-refractivity contribution in [3.05, 3.63) is 0 Å². The van der Waals surface area contributed by atoms with Crippen molar-refractivity contribution in [2.24, 2.45) is 50.7 Å². The molecule has 256 valence electrons. The van der Waals surface area contributed by atoms with E-state index >= 15 is 0 Å². The standard InChI is InChI=1S/C36H58O9/c1-18-15-20-27(31(4,5)41-8)45-36(44-20)26(18)32(6)13-14-35-17-34(35)12-11-23(43-28-25(39)24(38)19(37)16-42-28)30(2,3)21(34)9-10-22(35)33(32,7)29(36)40/h18-29,37-40H,9-17H2,1-8H3/t18?,19-,20?,21?,22?,23+,24-,25-,26-,27+,28+,29?,32-,33?,34-,35+,36?/m1/s1. The summed E-state index contributed by atoms with van der Waals surface area (Å²) in [4.78, 5) is 0. The van der Waals surface area contributed by atoms with Crippen molar-refractivity contribution in [3.63, 3.8) is 0 Å². The van der Waals surface area contributed by atoms with E-state index in [1.807, 2.05) is 0 Å². The SMILES string of the molecule is COC(C)(C)[C@H]1OC23OC1CC(C)[C@@H]2[C@@]1(C)CC[C@@]24C[C@@]25CC[C@H](O[C@@H]2OC[C@@H](O)[C@@H](O)[C@H]2O)C(C)(C)C5CCC4C1(C)C3O. The van der Waals surface area contributed by atoms with E-state index < -0.39 is 42.1 Å². The lowest BCUT2D eigenvalue weighted by molar-refractivity contribution is -0.303. The molecule has 0 radical (unpaired) electrons. The minimum Gasteiger partial charge on any atom is -0.388 e. The molecule has 8 fully saturated rings. The van der Waals surface area contributed by atoms with E-state index in [1.165, 1.54) is 12.8 Å². The fraction of sp³-hybridized carbons (Fsp3) is 1.00. The van der Waals surface area contributed by atoms with E-state index in [0.29, 0.717) is 17.8 Å². The van der Waals surface area contributed by atoms with Crippen LogP contribution in [0.1, 0.15) is 99.8 Å². The molecule has 0 aromatic rings. The smallest absolute Gasteiger partial charge is 0.199 e. The van der Waals surface area contributed by atoms with Gasteiger partial charge in [0.2, 0.25) is 0 Å². The molecule has 5 aliphatic carbocycles. The maximum atomic E-state index is 12.8. The zero-order valence-corrected chi connectivity index (χ0v) is 28.6. The largest absolute Gasteiger partial charge is 0.388 e. The van der Waals surface area contributed by atoms with Crippen molar-refractivity contribution in [1.82, 2.24) is 0 Å². The van der Waals surface area contributed by atoms with Gasteiger partial charge >= 0.3 is 0 Å². The molecule has 3 aliphatic heterocycles. The van der Waals surface area contributed by atoms with Crippen LogP contribution in [0.2, 0.25) is 0 Å². The summed E-state index contributed by atoms with van der Waals surface area (Å²) >= 11 is 0. The summed E-state index contributed by atoms with van der Waals surface area (Å²) < 4.78 is 32.1. The van der Waals surface area contributed by atoms with Gasteiger partial charge in [-0.1, -0.05) is 34.6 Å². The fourth-order valence-corrected chi connectivity index (χ4v) is 14.1. The summed E-state index contributed by atoms with van der Waals surface area (Å²) in [5.41, 5.74) is -0.717. The molecule has 8 aliphatic rings. The summed E-state index contributed by atoms with van der Waals surface area (Å²) in [6.07, 6.45) is 2.70. The highest BCUT2D eigenvalue weighted by Gasteiger charge is 2.88. The first kappa shape index (κ1) is 31.9. The summed E-state index contributed by atoms with van der Waals surface area (Å²) in [5.74, 6) is 0.346. The molecular weight excluding hydrogens is 576 g/mol. The highest BCUT2D eigenvalue weighted by Crippen LogP contribution is 2.90. The van der Waals surface area contributed by atoms with Crippen LogP contribution in [-0.2, 0) is 23.7 Å². The van der Waals surface area contributed by atoms with E-state index in [-0.39, 0.29) is 57.9 Å². The van der Waals surface area contributed by atoms with Crippen molar-refractivity contribution >= 4 is 0 Å². The summed E-state index contributed by atoms with van der Waals surface area (Å²) in [6.45, 7) is 16.0. The van der Waals surface area contributed by atoms with Gasteiger partial charge in [-0.15, -0.1) is 0 Å². The van der Waals surface area contributed by atoms with Crippen LogP contribution in [-0.4, -0.2) is 94.5 Å². The first-order valence-electron chi connectivity index (χ1n) is 17.9. The lowest BCUT2D eigenvalue weighted by Gasteiger charge is -2.63. The van der Waals surface area contributed by atoms with E-state index in [0.717, 1.165) is 38.5 Å². The van der Waals surface area contributed by atoms with Crippen LogP contribution in [0.5, 0.6) is 0 Å². The normalized spacial score (nSPS) is 61.1. The average molecular weight is 635 g/mol. The second-order valence-electron chi connectivity index (χ2n) is 18.4. The zero-order chi connectivity index (χ0) is 32.3. The molecule has 7 unspecified atom stereocenters. The van der Waals surface area contributed by atoms with Crippen molar-refractivity contribution in [1.29, 1.82) is 0 Å². The Bertz CT molecular complexity index is 1220. The van der Waals surface area contributed by atoms with Crippen molar-refractivity contribution in [2.45, 2.75) is 160 Å². The Labute approximate surface area is 268 Å². The first-order chi connectivity index (χ1) is 21.0. The Balaban J connectivity index is 1.10. The number of hydrogen-bond donors (Lipinski definition) is 4. The molecule has 5 saturated carbocycles. The molecule has 45 heavy (non-hydrogen) atoms. The van der Waals surface area contributed by atoms with E-state index in [9.17, 15) is 20.4 Å². The average Bonchev–Trinajstić information content (AvgIpc) is 3.50. The second-order valence-corrected chi connectivity index (χ2v) is 18.4. The van der Waals surface area contributed by atoms with Crippen molar-refractivity contribution < 1.29 is 44.1 Å². The minimum atomic E-state index is -1.28. The number of hydrogen-bond acceptors (Lipinski definition) is 9. The predicted octanol–water partition coefficient (Wildman–Crippen LogP) is 3.78. The molecule has 2 bridgehead atoms. The highest BCUT2D eigenvalue weighted by molar-refractivity contribution is 5.34. The van der Waals surface area contributed by atoms with Crippen molar-refractivity contribution in [3.8, 4) is 0 Å². The topological polar surface area (TPSA) is 127 Å². The third kappa shape index (κ3) is 3.57. The number of rotatable bonds is 4. The summed E-state index contributed by atoms with van der Waals surface area (Å²) in [7, 11) is 1.74. The lowest BCUT2D eigenvalue weighted by atomic mass is 9.41. The van der Waals surface area contributed by atoms with Gasteiger partial charge in [0, 0.05) is 18.4 Å². The van der Waals surface area contributed by atoms with E-state index in [4.69, 9.17) is 23.7 Å². The van der Waals surface area contributed by atoms with Gasteiger partial charge in [-0.3, -0.25) is 0 Å². The number of aliphatic hydroxyl groups excluding tert-OH is 4. The zero-order valence-electron chi connectivity index (χ0n) is 28.6. The van der Waals surface area contributed by atoms with Crippen LogP contribution < -0.4 is 0 Å². The molecule has 3 spiro atoms. The Morgan fingerprint density at radius 2 is 1.53 bits per heavy atom. The molecule has 4 N–H and O–H groups in total. The predicted molar refractivity (Wildman–Crippen MR) is 164 cm³/mol. The molecule has 8 rings (SSSR count). The number of fused-ring (bicyclic) bond motifs is 4. The Hall–Kier alpha value is -0.360. The van der Waals surface area contributed by atoms with Crippen LogP contribution in [0.3, 0.4) is 0 Å². The van der Waals surface area contributed by atoms with Gasteiger partial charge in [0.1, 0.15) is 30.5 Å². The van der Waals surface area contributed by atoms with Gasteiger partial charge in [0.15, 0.2) is 12.1 Å². The molecule has 0 aromatic carbocycles. The van der Waals surface area contributed by atoms with E-state index in [2.05, 4.69) is 48.5 Å². The van der Waals surface area contributed by atoms with Crippen molar-refractivity contribution in [2.75, 3.05) is 13.7 Å². The van der Waals surface area contributed by atoms with Gasteiger partial charge in [0.25, 0.3) is 0 Å². The van der Waals surface area contributed by atoms with Gasteiger partial charge in [-0.25, -0.2) is 0 Å². The van der Waals surface area contributed by atoms with Crippen LogP contribution in [0.15, 0.2) is 0 Å². The third-order valence-corrected chi connectivity index (χ3v) is 16.4. The van der Waals surface area contributed by atoms with Gasteiger partial charge in [-0.05, 0) is 105 Å². The third-order valence-electron chi connectivity index (χ3n) is 16.4. The Morgan fingerprint density at radius 3 is 2.24 bits per heavy atom. The maximum absolute atomic E-state index is 12.8. The van der Waals surface area contributed by atoms with Gasteiger partial charge in [0.05, 0.1) is 24.4 Å². The first-order valence-corrected chi connectivity index (χ1v) is 17.9. The summed E-state index contributed by atoms with van der Waals surface area (Å²) in [5, 5.41) is 43.6. The molecular formula is C36H58O9. The van der Waals surface area contributed by atoms with Crippen LogP contribution in [0.25, 0.3) is 0 Å². The van der Waals surface area contributed by atoms with Crippen LogP contribution in [0.4, 0.5) is 0 Å². The lowest BCUT2D eigenvalue weighted by Crippen LogP contribution is -2.61. The summed E-state index contributed by atoms with van der Waals surface area (Å²) in [6, 6.07) is 0. The van der Waals surface area contributed by atoms with Gasteiger partial charge < -0.3 is 44.1 Å². The monoisotopic (exact) mass is 634 g/mol. The maximum Gasteiger partial charge on any atom is 0.199 e. The Kier molecular flexibility index (Phi) is 6.69. The quantitative estimate of drug-likeness (QED) is 0.342. The second kappa shape index (κ2) is 9.45. The van der Waals surface area contributed by atoms with Crippen LogP contribution >= 0.6 is 0 Å². The molecule has 17 atom stereocenters. The van der Waals surface area contributed by atoms with E-state index in [1.54, 1.807) is 7.11 Å². The number of methoxy groups -OCH3 is 1. The molecule has 9 heteroatoms. The number of ether oxygens (including phenoxy) is 5. The fourth-order valence-electron chi connectivity index (χ4n) is 14.1. The Morgan fingerprint density at radius 1 is 0.844 bits per heavy atom. The molecule has 0 amide bonds. The number of aliphatic hydroxyl groups is 4. The van der Waals surface area contributed by atoms with Gasteiger partial charge in [-0.2, -0.15) is 0 Å². The minimum absolute atomic E-state index is 0.0487. The highest BCUT2D eigenvalue weighted by atomic mass is 16.8. The van der Waals surface area contributed by atoms with Crippen LogP contribution in [0, 0.1) is 50.7 Å². The molecule has 3 saturated heterocycles. The molecule has 3 heterocycles. The molecule has 0 aromatic heterocycles.